The largest absolute Gasteiger partial charge is 0.307 e. The minimum atomic E-state index is -0.530. The second-order valence-electron chi connectivity index (χ2n) is 7.40. The predicted molar refractivity (Wildman–Crippen MR) is 102 cm³/mol. The average molecular weight is 378 g/mol. The number of benzene rings is 1. The molecule has 4 rings (SSSR count). The molecular formula is C20H22N6O2. The Bertz CT molecular complexity index is 1020. The summed E-state index contributed by atoms with van der Waals surface area (Å²) in [4.78, 5) is 20.9. The van der Waals surface area contributed by atoms with Gasteiger partial charge in [0.25, 0.3) is 5.91 Å². The summed E-state index contributed by atoms with van der Waals surface area (Å²) in [5, 5.41) is 17.3. The number of hydrogen-bond donors (Lipinski definition) is 2. The van der Waals surface area contributed by atoms with E-state index < -0.39 is 5.91 Å². The zero-order valence-electron chi connectivity index (χ0n) is 16.0. The molecule has 3 aromatic rings. The Morgan fingerprint density at radius 1 is 1.18 bits per heavy atom. The second kappa shape index (κ2) is 6.79. The summed E-state index contributed by atoms with van der Waals surface area (Å²) < 4.78 is 2.06. The molecule has 0 aliphatic heterocycles. The highest BCUT2D eigenvalue weighted by Crippen LogP contribution is 2.52. The van der Waals surface area contributed by atoms with Crippen molar-refractivity contribution in [3.8, 4) is 11.5 Å². The molecule has 0 atom stereocenters. The fourth-order valence-corrected chi connectivity index (χ4v) is 3.65. The van der Waals surface area contributed by atoms with Crippen molar-refractivity contribution in [2.75, 3.05) is 0 Å². The fourth-order valence-electron chi connectivity index (χ4n) is 3.65. The highest BCUT2D eigenvalue weighted by molar-refractivity contribution is 5.93. The number of carbonyl (C=O) groups excluding carboxylic acids is 1. The van der Waals surface area contributed by atoms with Gasteiger partial charge in [0.15, 0.2) is 5.82 Å². The number of hydroxylamine groups is 1. The third-order valence-electron chi connectivity index (χ3n) is 5.25. The van der Waals surface area contributed by atoms with Gasteiger partial charge in [-0.3, -0.25) is 10.0 Å². The molecule has 2 heterocycles. The van der Waals surface area contributed by atoms with Gasteiger partial charge in [0.1, 0.15) is 17.3 Å². The molecule has 1 saturated carbocycles. The molecule has 1 amide bonds. The lowest BCUT2D eigenvalue weighted by molar-refractivity contribution is 0.0706. The molecule has 144 valence electrons. The van der Waals surface area contributed by atoms with Crippen molar-refractivity contribution < 1.29 is 10.0 Å². The summed E-state index contributed by atoms with van der Waals surface area (Å²) in [6.07, 6.45) is 3.65. The second-order valence-corrected chi connectivity index (χ2v) is 7.40. The van der Waals surface area contributed by atoms with Crippen molar-refractivity contribution >= 4 is 5.91 Å². The maximum Gasteiger partial charge on any atom is 0.274 e. The number of nitrogens with one attached hydrogen (secondary N) is 1. The van der Waals surface area contributed by atoms with Crippen molar-refractivity contribution in [3.63, 3.8) is 0 Å². The lowest BCUT2D eigenvalue weighted by Gasteiger charge is -2.16. The Balaban J connectivity index is 1.71. The number of nitrogens with zero attached hydrogens (tertiary/aromatic N) is 5. The molecule has 1 fully saturated rings. The number of aromatic nitrogens is 5. The minimum absolute atomic E-state index is 0.225. The number of amides is 1. The van der Waals surface area contributed by atoms with Gasteiger partial charge in [-0.05, 0) is 57.4 Å². The first-order valence-electron chi connectivity index (χ1n) is 9.26. The van der Waals surface area contributed by atoms with E-state index in [4.69, 9.17) is 10.2 Å². The van der Waals surface area contributed by atoms with Crippen LogP contribution in [0.15, 0.2) is 36.5 Å². The van der Waals surface area contributed by atoms with Crippen LogP contribution < -0.4 is 5.48 Å². The van der Waals surface area contributed by atoms with E-state index in [2.05, 4.69) is 33.6 Å². The van der Waals surface area contributed by atoms with Crippen LogP contribution in [0.3, 0.4) is 0 Å². The molecule has 8 heteroatoms. The molecule has 0 spiro atoms. The zero-order valence-corrected chi connectivity index (χ0v) is 16.0. The van der Waals surface area contributed by atoms with Crippen molar-refractivity contribution in [1.82, 2.24) is 30.2 Å². The highest BCUT2D eigenvalue weighted by Gasteiger charge is 2.48. The van der Waals surface area contributed by atoms with Crippen LogP contribution in [0.2, 0.25) is 0 Å². The quantitative estimate of drug-likeness (QED) is 0.522. The fraction of sp³-hybridized carbons (Fsp3) is 0.350. The van der Waals surface area contributed by atoms with Crippen LogP contribution in [-0.2, 0) is 5.41 Å². The standard InChI is InChI=1S/C20H22N6O2/c1-12(2)26-13(3)23-24-17(26)16-8-11-21-19(22-16)20(9-10-20)15-6-4-14(5-7-15)18(27)25-28/h4-8,11-12,28H,9-10H2,1-3H3,(H,25,27). The Kier molecular flexibility index (Phi) is 4.43. The predicted octanol–water partition coefficient (Wildman–Crippen LogP) is 2.82. The van der Waals surface area contributed by atoms with Gasteiger partial charge in [-0.2, -0.15) is 0 Å². The first-order chi connectivity index (χ1) is 13.5. The summed E-state index contributed by atoms with van der Waals surface area (Å²) in [5.74, 6) is 1.81. The van der Waals surface area contributed by atoms with Crippen LogP contribution in [0.4, 0.5) is 0 Å². The zero-order chi connectivity index (χ0) is 19.9. The SMILES string of the molecule is Cc1nnc(-c2ccnc(C3(c4ccc(C(=O)NO)cc4)CC3)n2)n1C(C)C. The Morgan fingerprint density at radius 2 is 1.89 bits per heavy atom. The van der Waals surface area contributed by atoms with Crippen molar-refractivity contribution in [2.24, 2.45) is 0 Å². The van der Waals surface area contributed by atoms with E-state index in [-0.39, 0.29) is 11.5 Å². The van der Waals surface area contributed by atoms with Gasteiger partial charge in [0.05, 0.1) is 5.41 Å². The lowest BCUT2D eigenvalue weighted by Crippen LogP contribution is -2.19. The Labute approximate surface area is 162 Å². The molecule has 1 aromatic carbocycles. The molecule has 1 aliphatic carbocycles. The molecule has 28 heavy (non-hydrogen) atoms. The minimum Gasteiger partial charge on any atom is -0.307 e. The van der Waals surface area contributed by atoms with Gasteiger partial charge in [-0.25, -0.2) is 15.4 Å². The van der Waals surface area contributed by atoms with Gasteiger partial charge in [0, 0.05) is 17.8 Å². The maximum atomic E-state index is 11.5. The molecule has 0 saturated heterocycles. The van der Waals surface area contributed by atoms with Gasteiger partial charge >= 0.3 is 0 Å². The first-order valence-corrected chi connectivity index (χ1v) is 9.26. The molecule has 2 N–H and O–H groups in total. The van der Waals surface area contributed by atoms with E-state index in [1.54, 1.807) is 23.8 Å². The molecule has 1 aliphatic rings. The molecule has 2 aromatic heterocycles. The number of aryl methyl sites for hydroxylation is 1. The van der Waals surface area contributed by atoms with E-state index in [0.717, 1.165) is 41.6 Å². The normalized spacial score (nSPS) is 14.9. The van der Waals surface area contributed by atoms with E-state index in [0.29, 0.717) is 5.56 Å². The van der Waals surface area contributed by atoms with E-state index in [9.17, 15) is 4.79 Å². The number of carbonyl (C=O) groups is 1. The summed E-state index contributed by atoms with van der Waals surface area (Å²) >= 11 is 0. The summed E-state index contributed by atoms with van der Waals surface area (Å²) in [6.45, 7) is 6.12. The number of rotatable bonds is 5. The van der Waals surface area contributed by atoms with E-state index in [1.165, 1.54) is 0 Å². The monoisotopic (exact) mass is 378 g/mol. The summed E-state index contributed by atoms with van der Waals surface area (Å²) in [7, 11) is 0. The molecule has 8 nitrogen and oxygen atoms in total. The molecule has 0 bridgehead atoms. The summed E-state index contributed by atoms with van der Waals surface area (Å²) in [5.41, 5.74) is 3.61. The van der Waals surface area contributed by atoms with Crippen molar-refractivity contribution in [2.45, 2.75) is 45.1 Å². The topological polar surface area (TPSA) is 106 Å². The Morgan fingerprint density at radius 3 is 2.50 bits per heavy atom. The van der Waals surface area contributed by atoms with E-state index >= 15 is 0 Å². The average Bonchev–Trinajstić information content (AvgIpc) is 3.43. The van der Waals surface area contributed by atoms with Crippen molar-refractivity contribution in [3.05, 3.63) is 59.3 Å². The molecule has 0 radical (unpaired) electrons. The van der Waals surface area contributed by atoms with Crippen LogP contribution in [0.25, 0.3) is 11.5 Å². The van der Waals surface area contributed by atoms with Crippen LogP contribution in [-0.4, -0.2) is 35.8 Å². The third kappa shape index (κ3) is 2.95. The summed E-state index contributed by atoms with van der Waals surface area (Å²) in [6, 6.07) is 9.27. The van der Waals surface area contributed by atoms with Crippen LogP contribution in [0, 0.1) is 6.92 Å². The molecular weight excluding hydrogens is 356 g/mol. The smallest absolute Gasteiger partial charge is 0.274 e. The molecule has 0 unspecified atom stereocenters. The lowest BCUT2D eigenvalue weighted by atomic mass is 9.94. The third-order valence-corrected chi connectivity index (χ3v) is 5.25. The van der Waals surface area contributed by atoms with Gasteiger partial charge in [0.2, 0.25) is 0 Å². The first kappa shape index (κ1) is 18.2. The number of hydrogen-bond acceptors (Lipinski definition) is 6. The van der Waals surface area contributed by atoms with Crippen LogP contribution >= 0.6 is 0 Å². The van der Waals surface area contributed by atoms with E-state index in [1.807, 2.05) is 25.1 Å². The van der Waals surface area contributed by atoms with Crippen LogP contribution in [0.5, 0.6) is 0 Å². The maximum absolute atomic E-state index is 11.5. The van der Waals surface area contributed by atoms with Gasteiger partial charge in [-0.1, -0.05) is 12.1 Å². The van der Waals surface area contributed by atoms with Gasteiger partial charge < -0.3 is 4.57 Å². The van der Waals surface area contributed by atoms with Gasteiger partial charge in [-0.15, -0.1) is 10.2 Å². The Hall–Kier alpha value is -3.13. The van der Waals surface area contributed by atoms with Crippen LogP contribution in [0.1, 0.15) is 60.3 Å². The van der Waals surface area contributed by atoms with Crippen molar-refractivity contribution in [1.29, 1.82) is 0 Å². The highest BCUT2D eigenvalue weighted by atomic mass is 16.5.